The zero-order valence-electron chi connectivity index (χ0n) is 16.0. The molecule has 0 unspecified atom stereocenters. The number of nitrogens with zero attached hydrogens (tertiary/aromatic N) is 1. The lowest BCUT2D eigenvalue weighted by Gasteiger charge is -2.13. The summed E-state index contributed by atoms with van der Waals surface area (Å²) >= 11 is 4.38. The standard InChI is InChI=1S/C21H20BrNO5S/c1-3-27-19-16(22)11-14(12-17(19)26-2)13-18-20(24)23(21(25)29-18)9-10-28-15-7-5-4-6-8-15/h4-8,11-13H,3,9-10H2,1-2H3/b18-13-. The summed E-state index contributed by atoms with van der Waals surface area (Å²) < 4.78 is 17.3. The second-order valence-corrected chi connectivity index (χ2v) is 7.81. The average Bonchev–Trinajstić information content (AvgIpc) is 2.98. The van der Waals surface area contributed by atoms with Gasteiger partial charge in [-0.1, -0.05) is 18.2 Å². The maximum Gasteiger partial charge on any atom is 0.293 e. The molecular weight excluding hydrogens is 458 g/mol. The second kappa shape index (κ2) is 9.84. The number of carbonyl (C=O) groups is 2. The van der Waals surface area contributed by atoms with Crippen LogP contribution in [0.25, 0.3) is 6.08 Å². The molecule has 0 radical (unpaired) electrons. The van der Waals surface area contributed by atoms with Gasteiger partial charge in [-0.2, -0.15) is 0 Å². The molecule has 0 saturated carbocycles. The Hall–Kier alpha value is -2.45. The summed E-state index contributed by atoms with van der Waals surface area (Å²) in [4.78, 5) is 26.5. The molecular formula is C21H20BrNO5S. The van der Waals surface area contributed by atoms with Crippen LogP contribution in [0.1, 0.15) is 12.5 Å². The van der Waals surface area contributed by atoms with Crippen molar-refractivity contribution in [2.45, 2.75) is 6.92 Å². The van der Waals surface area contributed by atoms with Crippen LogP contribution >= 0.6 is 27.7 Å². The highest BCUT2D eigenvalue weighted by Gasteiger charge is 2.34. The van der Waals surface area contributed by atoms with E-state index in [0.717, 1.165) is 17.3 Å². The van der Waals surface area contributed by atoms with Crippen LogP contribution in [-0.4, -0.2) is 42.9 Å². The molecule has 8 heteroatoms. The van der Waals surface area contributed by atoms with Crippen molar-refractivity contribution >= 4 is 44.9 Å². The van der Waals surface area contributed by atoms with Crippen LogP contribution in [0.5, 0.6) is 17.2 Å². The van der Waals surface area contributed by atoms with E-state index in [1.54, 1.807) is 19.3 Å². The van der Waals surface area contributed by atoms with Crippen LogP contribution in [0.4, 0.5) is 4.79 Å². The van der Waals surface area contributed by atoms with Crippen LogP contribution in [0.15, 0.2) is 51.8 Å². The van der Waals surface area contributed by atoms with E-state index in [1.807, 2.05) is 43.3 Å². The summed E-state index contributed by atoms with van der Waals surface area (Å²) in [6.45, 7) is 2.81. The van der Waals surface area contributed by atoms with E-state index in [2.05, 4.69) is 15.9 Å². The van der Waals surface area contributed by atoms with E-state index < -0.39 is 0 Å². The number of benzene rings is 2. The van der Waals surface area contributed by atoms with Crippen molar-refractivity contribution in [1.82, 2.24) is 4.90 Å². The van der Waals surface area contributed by atoms with E-state index in [1.165, 1.54) is 4.90 Å². The van der Waals surface area contributed by atoms with Gasteiger partial charge in [-0.15, -0.1) is 0 Å². The summed E-state index contributed by atoms with van der Waals surface area (Å²) in [5.41, 5.74) is 0.725. The quantitative estimate of drug-likeness (QED) is 0.500. The fourth-order valence-corrected chi connectivity index (χ4v) is 4.16. The van der Waals surface area contributed by atoms with Crippen LogP contribution in [-0.2, 0) is 4.79 Å². The van der Waals surface area contributed by atoms with Gasteiger partial charge < -0.3 is 14.2 Å². The Balaban J connectivity index is 1.71. The van der Waals surface area contributed by atoms with Crippen molar-refractivity contribution < 1.29 is 23.8 Å². The van der Waals surface area contributed by atoms with Gasteiger partial charge in [-0.05, 0) is 70.5 Å². The molecule has 2 aromatic rings. The molecule has 3 rings (SSSR count). The normalized spacial score (nSPS) is 15.1. The summed E-state index contributed by atoms with van der Waals surface area (Å²) in [7, 11) is 1.55. The lowest BCUT2D eigenvalue weighted by molar-refractivity contribution is -0.123. The van der Waals surface area contributed by atoms with Gasteiger partial charge in [0.1, 0.15) is 12.4 Å². The van der Waals surface area contributed by atoms with E-state index >= 15 is 0 Å². The van der Waals surface area contributed by atoms with Gasteiger partial charge >= 0.3 is 0 Å². The van der Waals surface area contributed by atoms with Gasteiger partial charge in [-0.3, -0.25) is 14.5 Å². The SMILES string of the molecule is CCOc1c(Br)cc(/C=C2\SC(=O)N(CCOc3ccccc3)C2=O)cc1OC. The molecule has 1 saturated heterocycles. The molecule has 1 aliphatic rings. The first kappa shape index (κ1) is 21.3. The van der Waals surface area contributed by atoms with Crippen molar-refractivity contribution in [2.24, 2.45) is 0 Å². The number of para-hydroxylation sites is 1. The van der Waals surface area contributed by atoms with Crippen molar-refractivity contribution in [3.8, 4) is 17.2 Å². The molecule has 0 aliphatic carbocycles. The Morgan fingerprint density at radius 2 is 1.90 bits per heavy atom. The average molecular weight is 478 g/mol. The molecule has 6 nitrogen and oxygen atoms in total. The summed E-state index contributed by atoms with van der Waals surface area (Å²) in [6.07, 6.45) is 1.67. The minimum absolute atomic E-state index is 0.188. The molecule has 1 fully saturated rings. The number of imide groups is 1. The highest BCUT2D eigenvalue weighted by molar-refractivity contribution is 9.10. The lowest BCUT2D eigenvalue weighted by atomic mass is 10.2. The Bertz CT molecular complexity index is 932. The molecule has 152 valence electrons. The van der Waals surface area contributed by atoms with Crippen molar-refractivity contribution in [3.63, 3.8) is 0 Å². The number of ether oxygens (including phenoxy) is 3. The van der Waals surface area contributed by atoms with Crippen LogP contribution < -0.4 is 14.2 Å². The van der Waals surface area contributed by atoms with E-state index in [4.69, 9.17) is 14.2 Å². The smallest absolute Gasteiger partial charge is 0.293 e. The number of carbonyl (C=O) groups excluding carboxylic acids is 2. The Labute approximate surface area is 181 Å². The number of methoxy groups -OCH3 is 1. The van der Waals surface area contributed by atoms with E-state index in [9.17, 15) is 9.59 Å². The molecule has 0 N–H and O–H groups in total. The summed E-state index contributed by atoms with van der Waals surface area (Å²) in [5.74, 6) is 1.50. The molecule has 29 heavy (non-hydrogen) atoms. The molecule has 1 heterocycles. The topological polar surface area (TPSA) is 65.1 Å². The Kier molecular flexibility index (Phi) is 7.22. The monoisotopic (exact) mass is 477 g/mol. The maximum atomic E-state index is 12.7. The predicted molar refractivity (Wildman–Crippen MR) is 116 cm³/mol. The van der Waals surface area contributed by atoms with Crippen LogP contribution in [0, 0.1) is 0 Å². The number of halogens is 1. The van der Waals surface area contributed by atoms with Gasteiger partial charge in [-0.25, -0.2) is 0 Å². The first-order chi connectivity index (χ1) is 14.0. The van der Waals surface area contributed by atoms with Crippen molar-refractivity contribution in [2.75, 3.05) is 26.9 Å². The fraction of sp³-hybridized carbons (Fsp3) is 0.238. The molecule has 0 aromatic heterocycles. The van der Waals surface area contributed by atoms with Crippen LogP contribution in [0.2, 0.25) is 0 Å². The third kappa shape index (κ3) is 5.13. The first-order valence-corrected chi connectivity index (χ1v) is 10.6. The van der Waals surface area contributed by atoms with Gasteiger partial charge in [0, 0.05) is 0 Å². The summed E-state index contributed by atoms with van der Waals surface area (Å²) in [6, 6.07) is 12.9. The predicted octanol–water partition coefficient (Wildman–Crippen LogP) is 4.97. The molecule has 0 spiro atoms. The third-order valence-corrected chi connectivity index (χ3v) is 5.54. The zero-order valence-corrected chi connectivity index (χ0v) is 18.4. The highest BCUT2D eigenvalue weighted by atomic mass is 79.9. The van der Waals surface area contributed by atoms with Gasteiger partial charge in [0.05, 0.1) is 29.6 Å². The number of thioether (sulfide) groups is 1. The zero-order chi connectivity index (χ0) is 20.8. The lowest BCUT2D eigenvalue weighted by Crippen LogP contribution is -2.32. The Morgan fingerprint density at radius 3 is 2.59 bits per heavy atom. The number of hydrogen-bond acceptors (Lipinski definition) is 6. The second-order valence-electron chi connectivity index (χ2n) is 5.96. The molecule has 2 aromatic carbocycles. The van der Waals surface area contributed by atoms with E-state index in [-0.39, 0.29) is 24.3 Å². The molecule has 2 amide bonds. The largest absolute Gasteiger partial charge is 0.493 e. The molecule has 0 atom stereocenters. The van der Waals surface area contributed by atoms with Crippen molar-refractivity contribution in [3.05, 3.63) is 57.4 Å². The minimum atomic E-state index is -0.333. The fourth-order valence-electron chi connectivity index (χ4n) is 2.72. The van der Waals surface area contributed by atoms with Crippen LogP contribution in [0.3, 0.4) is 0 Å². The number of amides is 2. The number of rotatable bonds is 8. The number of hydrogen-bond donors (Lipinski definition) is 0. The van der Waals surface area contributed by atoms with Gasteiger partial charge in [0.2, 0.25) is 0 Å². The molecule has 1 aliphatic heterocycles. The highest BCUT2D eigenvalue weighted by Crippen LogP contribution is 2.39. The van der Waals surface area contributed by atoms with Gasteiger partial charge in [0.25, 0.3) is 11.1 Å². The van der Waals surface area contributed by atoms with E-state index in [0.29, 0.717) is 33.2 Å². The molecule has 0 bridgehead atoms. The minimum Gasteiger partial charge on any atom is -0.493 e. The van der Waals surface area contributed by atoms with Crippen molar-refractivity contribution in [1.29, 1.82) is 0 Å². The third-order valence-electron chi connectivity index (χ3n) is 4.04. The first-order valence-electron chi connectivity index (χ1n) is 8.97. The Morgan fingerprint density at radius 1 is 1.14 bits per heavy atom. The van der Waals surface area contributed by atoms with Gasteiger partial charge in [0.15, 0.2) is 11.5 Å². The summed E-state index contributed by atoms with van der Waals surface area (Å²) in [5, 5.41) is -0.310. The maximum absolute atomic E-state index is 12.7.